The maximum absolute atomic E-state index is 10.7. The monoisotopic (exact) mass is 246 g/mol. The van der Waals surface area contributed by atoms with Crippen LogP contribution in [0, 0.1) is 0 Å². The zero-order chi connectivity index (χ0) is 11.6. The lowest BCUT2D eigenvalue weighted by Gasteiger charge is -2.15. The fraction of sp³-hybridized carbons (Fsp3) is 0.333. The van der Waals surface area contributed by atoms with Crippen LogP contribution in [0.3, 0.4) is 0 Å². The van der Waals surface area contributed by atoms with E-state index in [0.29, 0.717) is 10.6 Å². The van der Waals surface area contributed by atoms with Gasteiger partial charge in [0.25, 0.3) is 0 Å². The molecule has 1 aromatic heterocycles. The number of carboxylic acid groups (broad SMARTS) is 1. The van der Waals surface area contributed by atoms with Gasteiger partial charge in [0.1, 0.15) is 11.1 Å². The second-order valence-corrected chi connectivity index (χ2v) is 4.17. The molecular formula is C9H11ClN2O2S. The Balaban J connectivity index is 2.96. The number of hydrogen-bond acceptors (Lipinski definition) is 4. The Morgan fingerprint density at radius 1 is 1.73 bits per heavy atom. The number of aromatic nitrogens is 1. The molecule has 0 aromatic carbocycles. The van der Waals surface area contributed by atoms with Crippen LogP contribution in [-0.2, 0) is 4.79 Å². The average molecular weight is 247 g/mol. The lowest BCUT2D eigenvalue weighted by Crippen LogP contribution is -2.20. The highest BCUT2D eigenvalue weighted by Gasteiger charge is 2.22. The van der Waals surface area contributed by atoms with Crippen LogP contribution in [0.4, 0.5) is 5.82 Å². The summed E-state index contributed by atoms with van der Waals surface area (Å²) in [5.74, 6) is -1.02. The van der Waals surface area contributed by atoms with Crippen LogP contribution in [0.1, 0.15) is 18.4 Å². The number of pyridine rings is 1. The number of rotatable bonds is 3. The van der Waals surface area contributed by atoms with Gasteiger partial charge >= 0.3 is 5.97 Å². The van der Waals surface area contributed by atoms with Gasteiger partial charge in [0.05, 0.1) is 5.02 Å². The Morgan fingerprint density at radius 2 is 2.33 bits per heavy atom. The summed E-state index contributed by atoms with van der Waals surface area (Å²) < 4.78 is 0. The van der Waals surface area contributed by atoms with Gasteiger partial charge in [-0.3, -0.25) is 4.79 Å². The van der Waals surface area contributed by atoms with Gasteiger partial charge in [0.15, 0.2) is 0 Å². The van der Waals surface area contributed by atoms with E-state index in [-0.39, 0.29) is 11.7 Å². The molecular weight excluding hydrogens is 236 g/mol. The molecule has 2 unspecified atom stereocenters. The number of aliphatic carboxylic acids is 1. The van der Waals surface area contributed by atoms with E-state index in [1.807, 2.05) is 0 Å². The second-order valence-electron chi connectivity index (χ2n) is 3.21. The van der Waals surface area contributed by atoms with Crippen LogP contribution < -0.4 is 5.73 Å². The molecule has 2 atom stereocenters. The fourth-order valence-electron chi connectivity index (χ4n) is 1.11. The highest BCUT2D eigenvalue weighted by atomic mass is 35.5. The van der Waals surface area contributed by atoms with E-state index < -0.39 is 11.2 Å². The molecule has 3 N–H and O–H groups in total. The van der Waals surface area contributed by atoms with Crippen molar-refractivity contribution in [3.8, 4) is 0 Å². The standard InChI is InChI=1S/C9H11ClN2O2S/c1-4(7(15)9(13)14)5-2-6(10)8(11)12-3-5/h2-4,7,15H,1H3,(H2,11,12)(H,13,14). The van der Waals surface area contributed by atoms with Crippen molar-refractivity contribution < 1.29 is 9.90 Å². The molecule has 0 saturated heterocycles. The maximum atomic E-state index is 10.7. The molecule has 0 saturated carbocycles. The van der Waals surface area contributed by atoms with E-state index in [4.69, 9.17) is 22.4 Å². The summed E-state index contributed by atoms with van der Waals surface area (Å²) in [5.41, 5.74) is 6.15. The van der Waals surface area contributed by atoms with Crippen molar-refractivity contribution in [3.05, 3.63) is 22.8 Å². The van der Waals surface area contributed by atoms with Gasteiger partial charge in [0.2, 0.25) is 0 Å². The molecule has 0 amide bonds. The van der Waals surface area contributed by atoms with E-state index in [1.54, 1.807) is 13.0 Å². The number of nitrogens with two attached hydrogens (primary N) is 1. The Bertz CT molecular complexity index is 386. The summed E-state index contributed by atoms with van der Waals surface area (Å²) in [6, 6.07) is 1.61. The number of nitrogens with zero attached hydrogens (tertiary/aromatic N) is 1. The summed E-state index contributed by atoms with van der Waals surface area (Å²) in [4.78, 5) is 14.6. The highest BCUT2D eigenvalue weighted by Crippen LogP contribution is 2.26. The summed E-state index contributed by atoms with van der Waals surface area (Å²) in [6.07, 6.45) is 1.51. The Morgan fingerprint density at radius 3 is 2.80 bits per heavy atom. The lowest BCUT2D eigenvalue weighted by molar-refractivity contribution is -0.136. The van der Waals surface area contributed by atoms with Crippen LogP contribution >= 0.6 is 24.2 Å². The van der Waals surface area contributed by atoms with Crippen LogP contribution in [0.5, 0.6) is 0 Å². The summed E-state index contributed by atoms with van der Waals surface area (Å²) >= 11 is 9.77. The zero-order valence-electron chi connectivity index (χ0n) is 8.01. The summed E-state index contributed by atoms with van der Waals surface area (Å²) in [7, 11) is 0. The van der Waals surface area contributed by atoms with Gasteiger partial charge in [-0.15, -0.1) is 0 Å². The second kappa shape index (κ2) is 4.72. The Kier molecular flexibility index (Phi) is 3.82. The first-order valence-corrected chi connectivity index (χ1v) is 5.14. The van der Waals surface area contributed by atoms with Crippen LogP contribution in [0.25, 0.3) is 0 Å². The van der Waals surface area contributed by atoms with E-state index in [0.717, 1.165) is 0 Å². The minimum atomic E-state index is -0.973. The van der Waals surface area contributed by atoms with Crippen LogP contribution in [0.15, 0.2) is 12.3 Å². The number of thiol groups is 1. The quantitative estimate of drug-likeness (QED) is 0.711. The lowest BCUT2D eigenvalue weighted by atomic mass is 9.99. The predicted octanol–water partition coefficient (Wildman–Crippen LogP) is 1.80. The number of hydrogen-bond donors (Lipinski definition) is 3. The largest absolute Gasteiger partial charge is 0.480 e. The first-order valence-electron chi connectivity index (χ1n) is 4.25. The molecule has 0 spiro atoms. The van der Waals surface area contributed by atoms with E-state index in [2.05, 4.69) is 17.6 Å². The number of carbonyl (C=O) groups is 1. The SMILES string of the molecule is CC(c1cnc(N)c(Cl)c1)C(S)C(=O)O. The minimum absolute atomic E-state index is 0.235. The predicted molar refractivity (Wildman–Crippen MR) is 62.5 cm³/mol. The van der Waals surface area contributed by atoms with E-state index in [9.17, 15) is 4.79 Å². The van der Waals surface area contributed by atoms with Gasteiger partial charge in [-0.25, -0.2) is 4.98 Å². The van der Waals surface area contributed by atoms with Crippen molar-refractivity contribution in [2.45, 2.75) is 18.1 Å². The van der Waals surface area contributed by atoms with E-state index in [1.165, 1.54) is 6.20 Å². The van der Waals surface area contributed by atoms with Crippen molar-refractivity contribution in [3.63, 3.8) is 0 Å². The van der Waals surface area contributed by atoms with Crippen molar-refractivity contribution >= 4 is 36.0 Å². The third kappa shape index (κ3) is 2.76. The van der Waals surface area contributed by atoms with Crippen LogP contribution in [0.2, 0.25) is 5.02 Å². The molecule has 0 aliphatic carbocycles. The zero-order valence-corrected chi connectivity index (χ0v) is 9.66. The molecule has 6 heteroatoms. The minimum Gasteiger partial charge on any atom is -0.480 e. The fourth-order valence-corrected chi connectivity index (χ4v) is 1.46. The van der Waals surface area contributed by atoms with Gasteiger partial charge in [-0.05, 0) is 11.6 Å². The van der Waals surface area contributed by atoms with Gasteiger partial charge in [0, 0.05) is 12.1 Å². The molecule has 1 aromatic rings. The van der Waals surface area contributed by atoms with E-state index >= 15 is 0 Å². The third-order valence-electron chi connectivity index (χ3n) is 2.14. The number of anilines is 1. The summed E-state index contributed by atoms with van der Waals surface area (Å²) in [5, 5.41) is 8.32. The van der Waals surface area contributed by atoms with Crippen LogP contribution in [-0.4, -0.2) is 21.3 Å². The number of halogens is 1. The number of nitrogen functional groups attached to an aromatic ring is 1. The highest BCUT2D eigenvalue weighted by molar-refractivity contribution is 7.81. The first-order chi connectivity index (χ1) is 6.93. The number of carboxylic acids is 1. The van der Waals surface area contributed by atoms with Crippen molar-refractivity contribution in [1.82, 2.24) is 4.98 Å². The maximum Gasteiger partial charge on any atom is 0.316 e. The normalized spacial score (nSPS) is 14.6. The first kappa shape index (κ1) is 12.1. The molecule has 1 rings (SSSR count). The van der Waals surface area contributed by atoms with Crippen molar-refractivity contribution in [2.24, 2.45) is 0 Å². The van der Waals surface area contributed by atoms with Crippen molar-refractivity contribution in [1.29, 1.82) is 0 Å². The molecule has 0 radical (unpaired) electrons. The molecule has 4 nitrogen and oxygen atoms in total. The molecule has 0 aliphatic rings. The molecule has 0 fully saturated rings. The Labute approximate surface area is 97.9 Å². The molecule has 1 heterocycles. The molecule has 82 valence electrons. The average Bonchev–Trinajstić information content (AvgIpc) is 2.19. The topological polar surface area (TPSA) is 76.2 Å². The van der Waals surface area contributed by atoms with Gasteiger partial charge < -0.3 is 10.8 Å². The Hall–Kier alpha value is -0.940. The van der Waals surface area contributed by atoms with Gasteiger partial charge in [-0.1, -0.05) is 18.5 Å². The molecule has 0 bridgehead atoms. The molecule has 15 heavy (non-hydrogen) atoms. The molecule has 0 aliphatic heterocycles. The smallest absolute Gasteiger partial charge is 0.316 e. The van der Waals surface area contributed by atoms with Crippen molar-refractivity contribution in [2.75, 3.05) is 5.73 Å². The summed E-state index contributed by atoms with van der Waals surface area (Å²) in [6.45, 7) is 1.75. The van der Waals surface area contributed by atoms with Gasteiger partial charge in [-0.2, -0.15) is 12.6 Å². The third-order valence-corrected chi connectivity index (χ3v) is 3.11.